The number of β-amino-alcohol motifs (C(OH)–C–C–N with tert-alkyl or cyclic N) is 1. The summed E-state index contributed by atoms with van der Waals surface area (Å²) in [5, 5.41) is 10.3. The van der Waals surface area contributed by atoms with Gasteiger partial charge in [0.2, 0.25) is 10.0 Å². The first kappa shape index (κ1) is 14.8. The van der Waals surface area contributed by atoms with Gasteiger partial charge in [-0.15, -0.1) is 0 Å². The van der Waals surface area contributed by atoms with Crippen LogP contribution in [-0.4, -0.2) is 38.3 Å². The van der Waals surface area contributed by atoms with E-state index >= 15 is 0 Å². The third-order valence-corrected chi connectivity index (χ3v) is 5.84. The number of aliphatic hydroxyl groups is 1. The van der Waals surface area contributed by atoms with Crippen LogP contribution >= 0.6 is 0 Å². The van der Waals surface area contributed by atoms with Gasteiger partial charge < -0.3 is 10.0 Å². The van der Waals surface area contributed by atoms with Crippen molar-refractivity contribution >= 4 is 15.7 Å². The first-order valence-electron chi connectivity index (χ1n) is 7.40. The highest BCUT2D eigenvalue weighted by Crippen LogP contribution is 2.45. The summed E-state index contributed by atoms with van der Waals surface area (Å²) < 4.78 is 26.7. The van der Waals surface area contributed by atoms with Crippen molar-refractivity contribution in [3.05, 3.63) is 24.3 Å². The lowest BCUT2D eigenvalue weighted by molar-refractivity contribution is -0.00930. The lowest BCUT2D eigenvalue weighted by Crippen LogP contribution is -2.63. The molecule has 0 atom stereocenters. The molecule has 1 saturated carbocycles. The molecule has 6 heteroatoms. The van der Waals surface area contributed by atoms with E-state index in [1.54, 1.807) is 38.1 Å². The SMILES string of the molecule is CC(C)NS(=O)(=O)c1ccc(N2CC(O)(C3CC3)C2)cc1. The van der Waals surface area contributed by atoms with Gasteiger partial charge in [-0.05, 0) is 56.9 Å². The fourth-order valence-corrected chi connectivity index (χ4v) is 4.14. The van der Waals surface area contributed by atoms with Gasteiger partial charge in [-0.25, -0.2) is 13.1 Å². The van der Waals surface area contributed by atoms with E-state index in [4.69, 9.17) is 0 Å². The molecule has 3 rings (SSSR count). The quantitative estimate of drug-likeness (QED) is 0.861. The molecule has 1 aromatic rings. The molecule has 1 aliphatic heterocycles. The van der Waals surface area contributed by atoms with Gasteiger partial charge in [0.1, 0.15) is 5.60 Å². The molecule has 2 N–H and O–H groups in total. The van der Waals surface area contributed by atoms with E-state index < -0.39 is 15.6 Å². The van der Waals surface area contributed by atoms with Gasteiger partial charge in [-0.3, -0.25) is 0 Å². The average Bonchev–Trinajstić information content (AvgIpc) is 3.18. The number of benzene rings is 1. The zero-order valence-electron chi connectivity index (χ0n) is 12.4. The summed E-state index contributed by atoms with van der Waals surface area (Å²) in [7, 11) is -3.43. The van der Waals surface area contributed by atoms with Crippen LogP contribution in [0.3, 0.4) is 0 Å². The number of sulfonamides is 1. The van der Waals surface area contributed by atoms with Gasteiger partial charge >= 0.3 is 0 Å². The monoisotopic (exact) mass is 310 g/mol. The Morgan fingerprint density at radius 3 is 2.29 bits per heavy atom. The standard InChI is InChI=1S/C15H22N2O3S/c1-11(2)16-21(19,20)14-7-5-13(6-8-14)17-9-15(18,10-17)12-3-4-12/h5-8,11-12,16,18H,3-4,9-10H2,1-2H3. The molecular weight excluding hydrogens is 288 g/mol. The lowest BCUT2D eigenvalue weighted by atomic mass is 9.88. The normalized spacial score (nSPS) is 21.4. The Morgan fingerprint density at radius 2 is 1.81 bits per heavy atom. The highest BCUT2D eigenvalue weighted by Gasteiger charge is 2.51. The summed E-state index contributed by atoms with van der Waals surface area (Å²) in [5.74, 6) is 0.462. The zero-order chi connectivity index (χ0) is 15.3. The van der Waals surface area contributed by atoms with Crippen molar-refractivity contribution in [2.24, 2.45) is 5.92 Å². The van der Waals surface area contributed by atoms with Crippen molar-refractivity contribution < 1.29 is 13.5 Å². The van der Waals surface area contributed by atoms with Gasteiger partial charge in [0, 0.05) is 24.8 Å². The molecule has 1 aliphatic carbocycles. The molecule has 5 nitrogen and oxygen atoms in total. The second-order valence-electron chi connectivity index (χ2n) is 6.50. The molecule has 0 radical (unpaired) electrons. The number of rotatable bonds is 5. The third-order valence-electron chi connectivity index (χ3n) is 4.17. The molecule has 0 bridgehead atoms. The summed E-state index contributed by atoms with van der Waals surface area (Å²) in [5.41, 5.74) is 0.438. The molecule has 1 aromatic carbocycles. The fraction of sp³-hybridized carbons (Fsp3) is 0.600. The van der Waals surface area contributed by atoms with Crippen molar-refractivity contribution in [1.82, 2.24) is 4.72 Å². The van der Waals surface area contributed by atoms with Crippen molar-refractivity contribution in [1.29, 1.82) is 0 Å². The number of hydrogen-bond donors (Lipinski definition) is 2. The Labute approximate surface area is 126 Å². The highest BCUT2D eigenvalue weighted by atomic mass is 32.2. The maximum atomic E-state index is 12.0. The largest absolute Gasteiger partial charge is 0.386 e. The number of nitrogens with zero attached hydrogens (tertiary/aromatic N) is 1. The molecule has 2 fully saturated rings. The van der Waals surface area contributed by atoms with Gasteiger partial charge in [-0.2, -0.15) is 0 Å². The van der Waals surface area contributed by atoms with Crippen molar-refractivity contribution in [2.75, 3.05) is 18.0 Å². The summed E-state index contributed by atoms with van der Waals surface area (Å²) >= 11 is 0. The molecule has 1 heterocycles. The predicted octanol–water partition coefficient (Wildman–Crippen LogP) is 1.33. The average molecular weight is 310 g/mol. The van der Waals surface area contributed by atoms with Gasteiger partial charge in [0.15, 0.2) is 0 Å². The lowest BCUT2D eigenvalue weighted by Gasteiger charge is -2.48. The molecule has 2 aliphatic rings. The van der Waals surface area contributed by atoms with Crippen LogP contribution in [0.2, 0.25) is 0 Å². The predicted molar refractivity (Wildman–Crippen MR) is 81.8 cm³/mol. The van der Waals surface area contributed by atoms with Crippen LogP contribution in [0, 0.1) is 5.92 Å². The Balaban J connectivity index is 1.68. The van der Waals surface area contributed by atoms with Crippen LogP contribution in [0.15, 0.2) is 29.2 Å². The van der Waals surface area contributed by atoms with E-state index in [2.05, 4.69) is 9.62 Å². The van der Waals surface area contributed by atoms with Crippen LogP contribution in [0.1, 0.15) is 26.7 Å². The number of nitrogens with one attached hydrogen (secondary N) is 1. The first-order valence-corrected chi connectivity index (χ1v) is 8.88. The van der Waals surface area contributed by atoms with E-state index in [0.717, 1.165) is 18.5 Å². The Bertz CT molecular complexity index is 615. The minimum atomic E-state index is -3.43. The third kappa shape index (κ3) is 2.93. The molecule has 0 unspecified atom stereocenters. The second kappa shape index (κ2) is 4.97. The summed E-state index contributed by atoms with van der Waals surface area (Å²) in [6.45, 7) is 4.89. The van der Waals surface area contributed by atoms with Crippen LogP contribution in [0.4, 0.5) is 5.69 Å². The Hall–Kier alpha value is -1.11. The smallest absolute Gasteiger partial charge is 0.240 e. The topological polar surface area (TPSA) is 69.6 Å². The van der Waals surface area contributed by atoms with E-state index in [-0.39, 0.29) is 10.9 Å². The van der Waals surface area contributed by atoms with Crippen LogP contribution in [-0.2, 0) is 10.0 Å². The maximum Gasteiger partial charge on any atom is 0.240 e. The van der Waals surface area contributed by atoms with Crippen molar-refractivity contribution in [3.63, 3.8) is 0 Å². The minimum Gasteiger partial charge on any atom is -0.386 e. The van der Waals surface area contributed by atoms with Crippen LogP contribution < -0.4 is 9.62 Å². The zero-order valence-corrected chi connectivity index (χ0v) is 13.2. The Kier molecular flexibility index (Phi) is 3.50. The summed E-state index contributed by atoms with van der Waals surface area (Å²) in [4.78, 5) is 2.36. The van der Waals surface area contributed by atoms with E-state index in [0.29, 0.717) is 19.0 Å². The molecule has 0 spiro atoms. The van der Waals surface area contributed by atoms with Crippen LogP contribution in [0.5, 0.6) is 0 Å². The highest BCUT2D eigenvalue weighted by molar-refractivity contribution is 7.89. The van der Waals surface area contributed by atoms with E-state index in [1.807, 2.05) is 0 Å². The van der Waals surface area contributed by atoms with E-state index in [1.165, 1.54) is 0 Å². The van der Waals surface area contributed by atoms with Gasteiger partial charge in [0.25, 0.3) is 0 Å². The molecule has 0 amide bonds. The van der Waals surface area contributed by atoms with Crippen molar-refractivity contribution in [3.8, 4) is 0 Å². The van der Waals surface area contributed by atoms with Crippen molar-refractivity contribution in [2.45, 2.75) is 43.2 Å². The molecule has 0 aromatic heterocycles. The molecule has 116 valence electrons. The summed E-state index contributed by atoms with van der Waals surface area (Å²) in [6.07, 6.45) is 2.25. The van der Waals surface area contributed by atoms with Gasteiger partial charge in [0.05, 0.1) is 4.90 Å². The Morgan fingerprint density at radius 1 is 1.24 bits per heavy atom. The number of anilines is 1. The molecule has 1 saturated heterocycles. The van der Waals surface area contributed by atoms with Crippen LogP contribution in [0.25, 0.3) is 0 Å². The second-order valence-corrected chi connectivity index (χ2v) is 8.22. The number of hydrogen-bond acceptors (Lipinski definition) is 4. The molecule has 21 heavy (non-hydrogen) atoms. The minimum absolute atomic E-state index is 0.126. The first-order chi connectivity index (χ1) is 9.80. The van der Waals surface area contributed by atoms with E-state index in [9.17, 15) is 13.5 Å². The maximum absolute atomic E-state index is 12.0. The fourth-order valence-electron chi connectivity index (χ4n) is 2.89. The summed E-state index contributed by atoms with van der Waals surface area (Å²) in [6, 6.07) is 6.73. The van der Waals surface area contributed by atoms with Gasteiger partial charge in [-0.1, -0.05) is 0 Å². The molecular formula is C15H22N2O3S.